The summed E-state index contributed by atoms with van der Waals surface area (Å²) in [5.74, 6) is 0. The fourth-order valence-corrected chi connectivity index (χ4v) is 1.81. The van der Waals surface area contributed by atoms with Crippen molar-refractivity contribution in [2.45, 2.75) is 49.9 Å². The van der Waals surface area contributed by atoms with Gasteiger partial charge in [0, 0.05) is 5.57 Å². The Kier molecular flexibility index (Phi) is 5.35. The summed E-state index contributed by atoms with van der Waals surface area (Å²) in [6.07, 6.45) is -29.4. The van der Waals surface area contributed by atoms with E-state index in [9.17, 15) is 61.5 Å². The zero-order valence-electron chi connectivity index (χ0n) is 11.3. The average molecular weight is 392 g/mol. The molecule has 0 aromatic rings. The Labute approximate surface area is 124 Å². The van der Waals surface area contributed by atoms with Gasteiger partial charge in [-0.2, -0.15) is 52.7 Å². The first-order valence-corrected chi connectivity index (χ1v) is 5.40. The van der Waals surface area contributed by atoms with Gasteiger partial charge in [-0.15, -0.1) is 0 Å². The molecule has 0 aromatic heterocycles. The van der Waals surface area contributed by atoms with Crippen LogP contribution in [-0.4, -0.2) is 36.0 Å². The molecule has 0 saturated heterocycles. The third-order valence-electron chi connectivity index (χ3n) is 2.75. The van der Waals surface area contributed by atoms with E-state index in [4.69, 9.17) is 0 Å². The van der Waals surface area contributed by atoms with Gasteiger partial charge < -0.3 is 0 Å². The van der Waals surface area contributed by atoms with Crippen molar-refractivity contribution < 1.29 is 61.5 Å². The van der Waals surface area contributed by atoms with Crippen molar-refractivity contribution in [3.63, 3.8) is 0 Å². The fraction of sp³-hybridized carbons (Fsp3) is 0.800. The predicted molar refractivity (Wildman–Crippen MR) is 50.3 cm³/mol. The number of hydrogen-bond donors (Lipinski definition) is 0. The smallest absolute Gasteiger partial charge is 0.218 e. The summed E-state index contributed by atoms with van der Waals surface area (Å²) in [7, 11) is 0. The van der Waals surface area contributed by atoms with Gasteiger partial charge in [-0.05, 0) is 13.8 Å². The molecule has 0 aliphatic rings. The molecule has 0 rings (SSSR count). The predicted octanol–water partition coefficient (Wildman–Crippen LogP) is 5.99. The van der Waals surface area contributed by atoms with Crippen molar-refractivity contribution in [2.75, 3.05) is 0 Å². The van der Waals surface area contributed by atoms with Crippen LogP contribution in [0.3, 0.4) is 0 Å². The Balaban J connectivity index is 7.25. The van der Waals surface area contributed by atoms with Crippen molar-refractivity contribution in [1.82, 2.24) is 0 Å². The summed E-state index contributed by atoms with van der Waals surface area (Å²) in [6, 6.07) is 0. The van der Waals surface area contributed by atoms with Gasteiger partial charge >= 0.3 is 36.0 Å². The molecule has 0 aromatic carbocycles. The molecule has 0 heterocycles. The van der Waals surface area contributed by atoms with E-state index in [2.05, 4.69) is 0 Å². The molecule has 0 fully saturated rings. The highest BCUT2D eigenvalue weighted by atomic mass is 19.4. The molecule has 14 heteroatoms. The Bertz CT molecular complexity index is 424. The molecule has 0 aliphatic heterocycles. The highest BCUT2D eigenvalue weighted by molar-refractivity contribution is 5.39. The Hall–Kier alpha value is -1.24. The molecule has 0 spiro atoms. The van der Waals surface area contributed by atoms with E-state index in [1.165, 1.54) is 0 Å². The first kappa shape index (κ1) is 22.8. The molecule has 144 valence electrons. The lowest BCUT2D eigenvalue weighted by Gasteiger charge is -2.41. The van der Waals surface area contributed by atoms with E-state index in [0.717, 1.165) is 0 Å². The van der Waals surface area contributed by atoms with E-state index < -0.39 is 47.2 Å². The van der Waals surface area contributed by atoms with Crippen molar-refractivity contribution >= 4 is 0 Å². The van der Waals surface area contributed by atoms with Crippen molar-refractivity contribution in [1.29, 1.82) is 0 Å². The van der Waals surface area contributed by atoms with Crippen LogP contribution in [0.4, 0.5) is 61.5 Å². The fourth-order valence-electron chi connectivity index (χ4n) is 1.81. The van der Waals surface area contributed by atoms with Gasteiger partial charge in [-0.1, -0.05) is 5.57 Å². The standard InChI is InChI=1S/C10H6F14/c1-3(2)4(5(11,7(13,14)15)8(16,17)18)6(12,9(19,20)21)10(22,23)24/h1-2H3. The molecule has 0 saturated carbocycles. The lowest BCUT2D eigenvalue weighted by molar-refractivity contribution is -0.364. The SMILES string of the molecule is CC(C)=C(C(F)(C(F)(F)F)C(F)(F)F)C(F)(C(F)(F)F)C(F)(F)F. The minimum atomic E-state index is -7.36. The topological polar surface area (TPSA) is 0 Å². The maximum atomic E-state index is 13.7. The molecular weight excluding hydrogens is 386 g/mol. The van der Waals surface area contributed by atoms with Gasteiger partial charge in [0.2, 0.25) is 0 Å². The molecular formula is C10H6F14. The second kappa shape index (κ2) is 5.64. The highest BCUT2D eigenvalue weighted by Crippen LogP contribution is 2.61. The van der Waals surface area contributed by atoms with Gasteiger partial charge in [0.25, 0.3) is 0 Å². The summed E-state index contributed by atoms with van der Waals surface area (Å²) < 4.78 is 177. The lowest BCUT2D eigenvalue weighted by atomic mass is 9.78. The minimum Gasteiger partial charge on any atom is -0.218 e. The Morgan fingerprint density at radius 3 is 0.667 bits per heavy atom. The van der Waals surface area contributed by atoms with Crippen molar-refractivity contribution in [2.24, 2.45) is 0 Å². The third-order valence-corrected chi connectivity index (χ3v) is 2.75. The Morgan fingerprint density at radius 2 is 0.583 bits per heavy atom. The summed E-state index contributed by atoms with van der Waals surface area (Å²) in [5, 5.41) is 0. The monoisotopic (exact) mass is 392 g/mol. The first-order valence-electron chi connectivity index (χ1n) is 5.40. The zero-order chi connectivity index (χ0) is 20.2. The maximum absolute atomic E-state index is 13.7. The van der Waals surface area contributed by atoms with Crippen molar-refractivity contribution in [3.8, 4) is 0 Å². The summed E-state index contributed by atoms with van der Waals surface area (Å²) in [4.78, 5) is 0. The van der Waals surface area contributed by atoms with Gasteiger partial charge in [-0.3, -0.25) is 0 Å². The van der Waals surface area contributed by atoms with E-state index in [-0.39, 0.29) is 13.8 Å². The number of hydrogen-bond acceptors (Lipinski definition) is 0. The minimum absolute atomic E-state index is 0.146. The van der Waals surface area contributed by atoms with E-state index in [1.807, 2.05) is 0 Å². The van der Waals surface area contributed by atoms with Crippen LogP contribution in [0.5, 0.6) is 0 Å². The van der Waals surface area contributed by atoms with Gasteiger partial charge in [0.1, 0.15) is 0 Å². The normalized spacial score (nSPS) is 15.5. The summed E-state index contributed by atoms with van der Waals surface area (Å²) in [5.41, 5.74) is -20.8. The molecule has 0 atom stereocenters. The number of rotatable bonds is 2. The zero-order valence-corrected chi connectivity index (χ0v) is 11.3. The molecule has 0 amide bonds. The lowest BCUT2D eigenvalue weighted by Crippen LogP contribution is -2.66. The average Bonchev–Trinajstić information content (AvgIpc) is 2.21. The summed E-state index contributed by atoms with van der Waals surface area (Å²) >= 11 is 0. The number of halogens is 14. The quantitative estimate of drug-likeness (QED) is 0.400. The van der Waals surface area contributed by atoms with E-state index in [0.29, 0.717) is 0 Å². The Morgan fingerprint density at radius 1 is 0.417 bits per heavy atom. The van der Waals surface area contributed by atoms with Crippen LogP contribution in [0.15, 0.2) is 11.1 Å². The van der Waals surface area contributed by atoms with Crippen LogP contribution >= 0.6 is 0 Å². The second-order valence-electron chi connectivity index (χ2n) is 4.68. The maximum Gasteiger partial charge on any atom is 0.435 e. The molecule has 0 N–H and O–H groups in total. The molecule has 0 bridgehead atoms. The van der Waals surface area contributed by atoms with Crippen LogP contribution in [0.2, 0.25) is 0 Å². The highest BCUT2D eigenvalue weighted by Gasteiger charge is 2.86. The van der Waals surface area contributed by atoms with Gasteiger partial charge in [0.05, 0.1) is 0 Å². The van der Waals surface area contributed by atoms with Crippen LogP contribution in [0, 0.1) is 0 Å². The molecule has 0 aliphatic carbocycles. The molecule has 0 unspecified atom stereocenters. The first-order chi connectivity index (χ1) is 10.1. The summed E-state index contributed by atoms with van der Waals surface area (Å²) in [6.45, 7) is -0.292. The number of alkyl halides is 14. The van der Waals surface area contributed by atoms with E-state index in [1.54, 1.807) is 0 Å². The molecule has 0 radical (unpaired) electrons. The van der Waals surface area contributed by atoms with Gasteiger partial charge in [-0.25, -0.2) is 8.78 Å². The van der Waals surface area contributed by atoms with E-state index >= 15 is 0 Å². The number of allylic oxidation sites excluding steroid dienone is 2. The third kappa shape index (κ3) is 3.15. The molecule has 24 heavy (non-hydrogen) atoms. The molecule has 0 nitrogen and oxygen atoms in total. The van der Waals surface area contributed by atoms with Crippen LogP contribution in [-0.2, 0) is 0 Å². The van der Waals surface area contributed by atoms with Gasteiger partial charge in [0.15, 0.2) is 0 Å². The largest absolute Gasteiger partial charge is 0.435 e. The van der Waals surface area contributed by atoms with Crippen molar-refractivity contribution in [3.05, 3.63) is 11.1 Å². The van der Waals surface area contributed by atoms with Crippen LogP contribution < -0.4 is 0 Å². The van der Waals surface area contributed by atoms with Crippen LogP contribution in [0.25, 0.3) is 0 Å². The van der Waals surface area contributed by atoms with Crippen LogP contribution in [0.1, 0.15) is 13.8 Å². The second-order valence-corrected chi connectivity index (χ2v) is 4.68.